The minimum absolute atomic E-state index is 0.258. The van der Waals surface area contributed by atoms with E-state index >= 15 is 0 Å². The number of hydrogen-bond donors (Lipinski definition) is 2. The van der Waals surface area contributed by atoms with Crippen molar-refractivity contribution >= 4 is 30.7 Å². The van der Waals surface area contributed by atoms with E-state index in [-0.39, 0.29) is 6.42 Å². The number of hydrogen-bond acceptors (Lipinski definition) is 3. The molecule has 0 aromatic heterocycles. The molecule has 7 heteroatoms. The van der Waals surface area contributed by atoms with Gasteiger partial charge in [-0.2, -0.15) is 0 Å². The van der Waals surface area contributed by atoms with Crippen LogP contribution in [-0.2, 0) is 0 Å². The number of urea groups is 1. The topological polar surface area (TPSA) is 58.7 Å². The molecule has 0 radical (unpaired) electrons. The quantitative estimate of drug-likeness (QED) is 0.324. The lowest BCUT2D eigenvalue weighted by Gasteiger charge is -2.17. The van der Waals surface area contributed by atoms with Crippen molar-refractivity contribution in [2.45, 2.75) is 13.3 Å². The van der Waals surface area contributed by atoms with E-state index in [4.69, 9.17) is 5.73 Å². The Hall–Kier alpha value is -2.41. The molecule has 1 aromatic carbocycles. The number of halogens is 2. The number of alkyl halides is 1. The number of aliphatic imine (C=N–C) groups is 1. The van der Waals surface area contributed by atoms with Gasteiger partial charge in [0.15, 0.2) is 0 Å². The first-order valence-corrected chi connectivity index (χ1v) is 7.61. The van der Waals surface area contributed by atoms with Gasteiger partial charge in [0, 0.05) is 6.42 Å². The van der Waals surface area contributed by atoms with Crippen LogP contribution < -0.4 is 10.6 Å². The van der Waals surface area contributed by atoms with Crippen LogP contribution in [0.5, 0.6) is 0 Å². The molecule has 0 bridgehead atoms. The number of primary amides is 1. The zero-order valence-electron chi connectivity index (χ0n) is 13.2. The number of anilines is 1. The Labute approximate surface area is 145 Å². The Morgan fingerprint density at radius 1 is 1.42 bits per heavy atom. The largest absolute Gasteiger partial charge is 0.351 e. The predicted molar refractivity (Wildman–Crippen MR) is 97.7 cm³/mol. The normalized spacial score (nSPS) is 13.0. The molecule has 0 aliphatic heterocycles. The van der Waals surface area contributed by atoms with Gasteiger partial charge < -0.3 is 5.73 Å². The molecule has 1 rings (SSSR count). The Morgan fingerprint density at radius 2 is 2.12 bits per heavy atom. The van der Waals surface area contributed by atoms with Gasteiger partial charge in [-0.05, 0) is 36.1 Å². The average Bonchev–Trinajstić information content (AvgIpc) is 2.54. The smallest absolute Gasteiger partial charge is 0.324 e. The maximum absolute atomic E-state index is 13.0. The Morgan fingerprint density at radius 3 is 2.71 bits per heavy atom. The number of thiol groups is 1. The zero-order valence-corrected chi connectivity index (χ0v) is 14.1. The number of aryl methyl sites for hydroxylation is 1. The van der Waals surface area contributed by atoms with Gasteiger partial charge in [0.05, 0.1) is 11.4 Å². The van der Waals surface area contributed by atoms with Gasteiger partial charge in [-0.3, -0.25) is 4.90 Å². The third-order valence-corrected chi connectivity index (χ3v) is 3.27. The van der Waals surface area contributed by atoms with Gasteiger partial charge in [0.2, 0.25) is 0 Å². The standard InChI is InChI=1S/C17H19F2N3OS/c1-13-5-2-3-8-16(13)22(17(20)23)12-21-15(11-24)7-4-6-14(19)9-10-18/h2-6,8-9,11-12,24H,7,10H2,1H3,(H2,20,23)/b6-4-,14-9+,15-11-,21-12?. The number of nitrogens with zero attached hydrogens (tertiary/aromatic N) is 2. The van der Waals surface area contributed by atoms with Crippen LogP contribution in [-0.4, -0.2) is 19.0 Å². The fourth-order valence-electron chi connectivity index (χ4n) is 1.78. The molecule has 0 unspecified atom stereocenters. The third kappa shape index (κ3) is 6.37. The molecular weight excluding hydrogens is 332 g/mol. The molecular formula is C17H19F2N3OS. The summed E-state index contributed by atoms with van der Waals surface area (Å²) in [6, 6.07) is 6.53. The van der Waals surface area contributed by atoms with Crippen LogP contribution in [0.2, 0.25) is 0 Å². The van der Waals surface area contributed by atoms with E-state index in [9.17, 15) is 13.6 Å². The fraction of sp³-hybridized carbons (Fsp3) is 0.176. The summed E-state index contributed by atoms with van der Waals surface area (Å²) in [5.41, 5.74) is 7.33. The van der Waals surface area contributed by atoms with Crippen molar-refractivity contribution in [2.24, 2.45) is 10.7 Å². The van der Waals surface area contributed by atoms with E-state index < -0.39 is 18.5 Å². The summed E-state index contributed by atoms with van der Waals surface area (Å²) >= 11 is 4.03. The molecule has 0 saturated heterocycles. The minimum atomic E-state index is -0.867. The SMILES string of the molecule is Cc1ccccc1N(C=N/C(=C\S)C/C=C\C(F)=C/CF)C(N)=O. The van der Waals surface area contributed by atoms with Crippen LogP contribution in [0, 0.1) is 6.92 Å². The first kappa shape index (κ1) is 19.6. The zero-order chi connectivity index (χ0) is 17.9. The predicted octanol–water partition coefficient (Wildman–Crippen LogP) is 4.45. The Kier molecular flexibility index (Phi) is 8.49. The summed E-state index contributed by atoms with van der Waals surface area (Å²) in [7, 11) is 0. The van der Waals surface area contributed by atoms with E-state index in [1.165, 1.54) is 22.7 Å². The molecule has 4 nitrogen and oxygen atoms in total. The van der Waals surface area contributed by atoms with Gasteiger partial charge in [0.25, 0.3) is 0 Å². The van der Waals surface area contributed by atoms with Crippen molar-refractivity contribution in [1.29, 1.82) is 0 Å². The molecule has 24 heavy (non-hydrogen) atoms. The lowest BCUT2D eigenvalue weighted by molar-refractivity contribution is 0.256. The summed E-state index contributed by atoms with van der Waals surface area (Å²) < 4.78 is 25.0. The summed E-state index contributed by atoms with van der Waals surface area (Å²) in [6.07, 6.45) is 4.97. The third-order valence-electron chi connectivity index (χ3n) is 2.98. The highest BCUT2D eigenvalue weighted by Crippen LogP contribution is 2.18. The molecule has 2 N–H and O–H groups in total. The first-order valence-electron chi connectivity index (χ1n) is 7.09. The van der Waals surface area contributed by atoms with Crippen LogP contribution in [0.15, 0.2) is 64.4 Å². The average molecular weight is 351 g/mol. The van der Waals surface area contributed by atoms with Crippen LogP contribution in [0.4, 0.5) is 19.3 Å². The second-order valence-corrected chi connectivity index (χ2v) is 4.97. The molecule has 0 fully saturated rings. The molecule has 0 heterocycles. The van der Waals surface area contributed by atoms with Crippen LogP contribution in [0.1, 0.15) is 12.0 Å². The second kappa shape index (κ2) is 10.4. The van der Waals surface area contributed by atoms with Gasteiger partial charge in [0.1, 0.15) is 18.8 Å². The minimum Gasteiger partial charge on any atom is -0.351 e. The monoisotopic (exact) mass is 351 g/mol. The van der Waals surface area contributed by atoms with Crippen molar-refractivity contribution in [1.82, 2.24) is 0 Å². The van der Waals surface area contributed by atoms with E-state index in [0.29, 0.717) is 11.4 Å². The highest BCUT2D eigenvalue weighted by molar-refractivity contribution is 7.83. The molecule has 1 aromatic rings. The number of carbonyl (C=O) groups excluding carboxylic acids is 1. The lowest BCUT2D eigenvalue weighted by atomic mass is 10.2. The summed E-state index contributed by atoms with van der Waals surface area (Å²) in [4.78, 5) is 17.0. The van der Waals surface area contributed by atoms with Crippen molar-refractivity contribution in [3.05, 3.63) is 65.0 Å². The number of para-hydroxylation sites is 1. The van der Waals surface area contributed by atoms with E-state index in [1.807, 2.05) is 19.1 Å². The summed E-state index contributed by atoms with van der Waals surface area (Å²) in [5.74, 6) is -0.668. The molecule has 2 amide bonds. The number of carbonyl (C=O) groups is 1. The molecule has 0 aliphatic rings. The Balaban J connectivity index is 2.87. The van der Waals surface area contributed by atoms with Crippen molar-refractivity contribution < 1.29 is 13.6 Å². The number of allylic oxidation sites excluding steroid dienone is 4. The highest BCUT2D eigenvalue weighted by Gasteiger charge is 2.11. The summed E-state index contributed by atoms with van der Waals surface area (Å²) in [6.45, 7) is 0.977. The van der Waals surface area contributed by atoms with E-state index in [1.54, 1.807) is 12.1 Å². The number of nitrogens with two attached hydrogens (primary N) is 1. The van der Waals surface area contributed by atoms with Crippen molar-refractivity contribution in [2.75, 3.05) is 11.6 Å². The first-order chi connectivity index (χ1) is 11.5. The molecule has 0 atom stereocenters. The maximum Gasteiger partial charge on any atom is 0.324 e. The number of amides is 2. The van der Waals surface area contributed by atoms with Crippen LogP contribution >= 0.6 is 12.6 Å². The van der Waals surface area contributed by atoms with Gasteiger partial charge in [-0.15, -0.1) is 12.6 Å². The maximum atomic E-state index is 13.0. The van der Waals surface area contributed by atoms with Gasteiger partial charge in [-0.1, -0.05) is 24.3 Å². The fourth-order valence-corrected chi connectivity index (χ4v) is 1.95. The highest BCUT2D eigenvalue weighted by atomic mass is 32.1. The second-order valence-electron chi connectivity index (χ2n) is 4.71. The van der Waals surface area contributed by atoms with Gasteiger partial charge in [-0.25, -0.2) is 18.6 Å². The Bertz CT molecular complexity index is 684. The van der Waals surface area contributed by atoms with Crippen LogP contribution in [0.25, 0.3) is 0 Å². The lowest BCUT2D eigenvalue weighted by Crippen LogP contribution is -2.35. The number of rotatable bonds is 7. The van der Waals surface area contributed by atoms with E-state index in [2.05, 4.69) is 17.6 Å². The van der Waals surface area contributed by atoms with Crippen molar-refractivity contribution in [3.63, 3.8) is 0 Å². The molecule has 128 valence electrons. The molecule has 0 saturated carbocycles. The van der Waals surface area contributed by atoms with Crippen LogP contribution in [0.3, 0.4) is 0 Å². The molecule has 0 aliphatic carbocycles. The van der Waals surface area contributed by atoms with Crippen molar-refractivity contribution in [3.8, 4) is 0 Å². The number of benzene rings is 1. The molecule has 0 spiro atoms. The van der Waals surface area contributed by atoms with E-state index in [0.717, 1.165) is 17.7 Å². The van der Waals surface area contributed by atoms with Gasteiger partial charge >= 0.3 is 6.03 Å². The summed E-state index contributed by atoms with van der Waals surface area (Å²) in [5, 5.41) is 1.43.